The maximum atomic E-state index is 9.99. The summed E-state index contributed by atoms with van der Waals surface area (Å²) in [6.07, 6.45) is 1.95. The van der Waals surface area contributed by atoms with Gasteiger partial charge in [-0.05, 0) is 24.3 Å². The monoisotopic (exact) mass is 223 g/mol. The second kappa shape index (κ2) is 4.36. The van der Waals surface area contributed by atoms with Crippen molar-refractivity contribution in [2.45, 2.75) is 6.54 Å². The molecule has 4 heteroatoms. The van der Waals surface area contributed by atoms with E-state index in [9.17, 15) is 4.79 Å². The van der Waals surface area contributed by atoms with Gasteiger partial charge in [-0.25, -0.2) is 0 Å². The highest BCUT2D eigenvalue weighted by atomic mass is 35.5. The average Bonchev–Trinajstić information content (AvgIpc) is 2.61. The van der Waals surface area contributed by atoms with E-state index < -0.39 is 0 Å². The molecule has 2 aromatic rings. The van der Waals surface area contributed by atoms with Crippen LogP contribution in [0.5, 0.6) is 0 Å². The zero-order valence-corrected chi connectivity index (χ0v) is 8.78. The summed E-state index contributed by atoms with van der Waals surface area (Å²) in [5.74, 6) is 0. The zero-order valence-electron chi connectivity index (χ0n) is 8.02. The molecule has 0 unspecified atom stereocenters. The second-order valence-electron chi connectivity index (χ2n) is 3.18. The Morgan fingerprint density at radius 3 is 3.07 bits per heavy atom. The summed E-state index contributed by atoms with van der Waals surface area (Å²) >= 11 is 5.87. The Morgan fingerprint density at radius 2 is 2.27 bits per heavy atom. The van der Waals surface area contributed by atoms with Crippen LogP contribution in [-0.4, -0.2) is 17.6 Å². The number of halogens is 1. The Hall–Kier alpha value is -1.48. The molecule has 1 aromatic carbocycles. The molecule has 0 aliphatic carbocycles. The lowest BCUT2D eigenvalue weighted by molar-refractivity contribution is -0.128. The van der Waals surface area contributed by atoms with Gasteiger partial charge in [-0.2, -0.15) is 0 Å². The van der Waals surface area contributed by atoms with Gasteiger partial charge in [0, 0.05) is 22.1 Å². The molecule has 0 bridgehead atoms. The highest BCUT2D eigenvalue weighted by Gasteiger charge is 2.00. The van der Waals surface area contributed by atoms with Crippen LogP contribution < -0.4 is 0 Å². The van der Waals surface area contributed by atoms with Crippen LogP contribution >= 0.6 is 11.6 Å². The first-order valence-electron chi connectivity index (χ1n) is 4.61. The minimum Gasteiger partial charge on any atom is -0.466 e. The molecule has 1 aromatic heterocycles. The van der Waals surface area contributed by atoms with Crippen molar-refractivity contribution in [2.24, 2.45) is 0 Å². The molecule has 3 nitrogen and oxygen atoms in total. The topological polar surface area (TPSA) is 31.2 Å². The Bertz CT molecular complexity index is 478. The van der Waals surface area contributed by atoms with Crippen molar-refractivity contribution in [1.82, 2.24) is 4.57 Å². The largest absolute Gasteiger partial charge is 0.466 e. The van der Waals surface area contributed by atoms with E-state index in [0.717, 1.165) is 15.9 Å². The van der Waals surface area contributed by atoms with Crippen molar-refractivity contribution >= 4 is 29.0 Å². The molecule has 0 saturated carbocycles. The Labute approximate surface area is 92.2 Å². The molecule has 0 N–H and O–H groups in total. The van der Waals surface area contributed by atoms with Gasteiger partial charge in [-0.3, -0.25) is 4.79 Å². The maximum absolute atomic E-state index is 9.99. The number of aromatic nitrogens is 1. The molecule has 15 heavy (non-hydrogen) atoms. The van der Waals surface area contributed by atoms with Gasteiger partial charge in [0.1, 0.15) is 6.61 Å². The number of hydrogen-bond acceptors (Lipinski definition) is 2. The summed E-state index contributed by atoms with van der Waals surface area (Å²) in [4.78, 5) is 9.99. The van der Waals surface area contributed by atoms with Crippen molar-refractivity contribution in [1.29, 1.82) is 0 Å². The first-order chi connectivity index (χ1) is 7.31. The molecule has 2 rings (SSSR count). The molecule has 0 spiro atoms. The van der Waals surface area contributed by atoms with Gasteiger partial charge in [0.15, 0.2) is 0 Å². The van der Waals surface area contributed by atoms with E-state index in [4.69, 9.17) is 11.6 Å². The van der Waals surface area contributed by atoms with E-state index in [-0.39, 0.29) is 0 Å². The molecule has 0 aliphatic rings. The lowest BCUT2D eigenvalue weighted by Crippen LogP contribution is -2.03. The molecule has 0 saturated heterocycles. The van der Waals surface area contributed by atoms with Crippen LogP contribution in [0.15, 0.2) is 30.5 Å². The van der Waals surface area contributed by atoms with Crippen molar-refractivity contribution in [3.05, 3.63) is 35.5 Å². The number of carbonyl (C=O) groups is 1. The van der Waals surface area contributed by atoms with Gasteiger partial charge in [-0.1, -0.05) is 11.6 Å². The lowest BCUT2D eigenvalue weighted by atomic mass is 10.2. The SMILES string of the molecule is O=COCCn1ccc2cc(Cl)ccc21. The van der Waals surface area contributed by atoms with Crippen molar-refractivity contribution in [2.75, 3.05) is 6.61 Å². The first kappa shape index (κ1) is 10.1. The van der Waals surface area contributed by atoms with Crippen LogP contribution in [0.25, 0.3) is 10.9 Å². The highest BCUT2D eigenvalue weighted by molar-refractivity contribution is 6.31. The van der Waals surface area contributed by atoms with E-state index in [0.29, 0.717) is 19.6 Å². The number of fused-ring (bicyclic) bond motifs is 1. The average molecular weight is 224 g/mol. The van der Waals surface area contributed by atoms with Crippen LogP contribution in [0.4, 0.5) is 0 Å². The summed E-state index contributed by atoms with van der Waals surface area (Å²) < 4.78 is 6.67. The van der Waals surface area contributed by atoms with Gasteiger partial charge in [0.2, 0.25) is 0 Å². The number of rotatable bonds is 4. The number of nitrogens with zero attached hydrogens (tertiary/aromatic N) is 1. The Balaban J connectivity index is 2.24. The van der Waals surface area contributed by atoms with E-state index in [1.807, 2.05) is 35.0 Å². The van der Waals surface area contributed by atoms with E-state index in [1.165, 1.54) is 0 Å². The molecule has 0 fully saturated rings. The first-order valence-corrected chi connectivity index (χ1v) is 4.99. The Morgan fingerprint density at radius 1 is 1.40 bits per heavy atom. The maximum Gasteiger partial charge on any atom is 0.293 e. The van der Waals surface area contributed by atoms with Gasteiger partial charge in [0.05, 0.1) is 6.54 Å². The predicted molar refractivity (Wildman–Crippen MR) is 59.0 cm³/mol. The highest BCUT2D eigenvalue weighted by Crippen LogP contribution is 2.20. The molecule has 1 heterocycles. The van der Waals surface area contributed by atoms with Crippen LogP contribution in [-0.2, 0) is 16.1 Å². The van der Waals surface area contributed by atoms with Gasteiger partial charge in [-0.15, -0.1) is 0 Å². The van der Waals surface area contributed by atoms with Gasteiger partial charge in [0.25, 0.3) is 6.47 Å². The van der Waals surface area contributed by atoms with Crippen LogP contribution in [0.3, 0.4) is 0 Å². The van der Waals surface area contributed by atoms with Crippen molar-refractivity contribution in [3.8, 4) is 0 Å². The zero-order chi connectivity index (χ0) is 10.7. The van der Waals surface area contributed by atoms with E-state index >= 15 is 0 Å². The summed E-state index contributed by atoms with van der Waals surface area (Å²) in [6.45, 7) is 1.50. The number of hydrogen-bond donors (Lipinski definition) is 0. The number of benzene rings is 1. The third-order valence-corrected chi connectivity index (χ3v) is 2.49. The predicted octanol–water partition coefficient (Wildman–Crippen LogP) is 2.47. The summed E-state index contributed by atoms with van der Waals surface area (Å²) in [5, 5.41) is 1.82. The summed E-state index contributed by atoms with van der Waals surface area (Å²) in [7, 11) is 0. The fourth-order valence-electron chi connectivity index (χ4n) is 1.57. The van der Waals surface area contributed by atoms with Crippen molar-refractivity contribution < 1.29 is 9.53 Å². The van der Waals surface area contributed by atoms with Crippen LogP contribution in [0.1, 0.15) is 0 Å². The normalized spacial score (nSPS) is 10.5. The van der Waals surface area contributed by atoms with Crippen LogP contribution in [0.2, 0.25) is 5.02 Å². The van der Waals surface area contributed by atoms with Crippen LogP contribution in [0, 0.1) is 0 Å². The van der Waals surface area contributed by atoms with Gasteiger partial charge >= 0.3 is 0 Å². The molecule has 0 atom stereocenters. The minimum atomic E-state index is 0.385. The second-order valence-corrected chi connectivity index (χ2v) is 3.62. The Kier molecular flexibility index (Phi) is 2.92. The fraction of sp³-hybridized carbons (Fsp3) is 0.182. The molecule has 0 radical (unpaired) electrons. The minimum absolute atomic E-state index is 0.385. The summed E-state index contributed by atoms with van der Waals surface area (Å²) in [5.41, 5.74) is 1.09. The molecular formula is C11H10ClNO2. The quantitative estimate of drug-likeness (QED) is 0.589. The number of ether oxygens (including phenoxy) is 1. The molecule has 0 amide bonds. The third-order valence-electron chi connectivity index (χ3n) is 2.25. The third kappa shape index (κ3) is 2.13. The van der Waals surface area contributed by atoms with E-state index in [1.54, 1.807) is 0 Å². The lowest BCUT2D eigenvalue weighted by Gasteiger charge is -2.03. The van der Waals surface area contributed by atoms with Crippen molar-refractivity contribution in [3.63, 3.8) is 0 Å². The van der Waals surface area contributed by atoms with Gasteiger partial charge < -0.3 is 9.30 Å². The molecule has 78 valence electrons. The number of carbonyl (C=O) groups excluding carboxylic acids is 1. The summed E-state index contributed by atoms with van der Waals surface area (Å²) in [6, 6.07) is 7.70. The van der Waals surface area contributed by atoms with E-state index in [2.05, 4.69) is 4.74 Å². The smallest absolute Gasteiger partial charge is 0.293 e. The molecule has 0 aliphatic heterocycles. The standard InChI is InChI=1S/C11H10ClNO2/c12-10-1-2-11-9(7-10)3-4-13(11)5-6-15-8-14/h1-4,7-8H,5-6H2. The molecular weight excluding hydrogens is 214 g/mol. The fourth-order valence-corrected chi connectivity index (χ4v) is 1.75.